The lowest BCUT2D eigenvalue weighted by Gasteiger charge is -2.31. The largest absolute Gasteiger partial charge is 0.383 e. The third-order valence-electron chi connectivity index (χ3n) is 3.87. The number of nitrogens with two attached hydrogens (primary N) is 1. The van der Waals surface area contributed by atoms with Crippen LogP contribution in [-0.4, -0.2) is 39.9 Å². The minimum absolute atomic E-state index is 0.00815. The zero-order valence-electron chi connectivity index (χ0n) is 12.1. The fourth-order valence-corrected chi connectivity index (χ4v) is 3.83. The van der Waals surface area contributed by atoms with Crippen LogP contribution in [0.2, 0.25) is 0 Å². The minimum atomic E-state index is -0.00815. The number of hydrogen-bond acceptors (Lipinski definition) is 4. The van der Waals surface area contributed by atoms with E-state index >= 15 is 0 Å². The molecule has 4 nitrogen and oxygen atoms in total. The van der Waals surface area contributed by atoms with Gasteiger partial charge in [-0.05, 0) is 17.9 Å². The molecule has 2 heterocycles. The molecule has 1 unspecified atom stereocenters. The fourth-order valence-electron chi connectivity index (χ4n) is 2.65. The van der Waals surface area contributed by atoms with E-state index in [2.05, 4.69) is 11.9 Å². The number of nitrogens with zero attached hydrogens (tertiary/aromatic N) is 2. The second-order valence-electron chi connectivity index (χ2n) is 5.27. The molecule has 1 aromatic heterocycles. The van der Waals surface area contributed by atoms with Crippen molar-refractivity contribution in [3.8, 4) is 0 Å². The van der Waals surface area contributed by atoms with Gasteiger partial charge in [-0.2, -0.15) is 11.8 Å². The molecule has 5 heteroatoms. The minimum Gasteiger partial charge on any atom is -0.383 e. The maximum absolute atomic E-state index is 12.7. The smallest absolute Gasteiger partial charge is 0.272 e. The van der Waals surface area contributed by atoms with Gasteiger partial charge in [-0.3, -0.25) is 4.79 Å². The molecule has 110 valence electrons. The Kier molecular flexibility index (Phi) is 4.01. The fraction of sp³-hybridized carbons (Fsp3) is 0.375. The summed E-state index contributed by atoms with van der Waals surface area (Å²) >= 11 is 1.95. The van der Waals surface area contributed by atoms with Gasteiger partial charge in [0.25, 0.3) is 5.91 Å². The summed E-state index contributed by atoms with van der Waals surface area (Å²) in [4.78, 5) is 18.9. The number of benzene rings is 1. The molecular formula is C16H19N3OS. The van der Waals surface area contributed by atoms with E-state index in [-0.39, 0.29) is 5.91 Å². The first-order chi connectivity index (χ1) is 10.2. The van der Waals surface area contributed by atoms with Crippen LogP contribution in [0.4, 0.5) is 5.82 Å². The molecule has 0 saturated carbocycles. The van der Waals surface area contributed by atoms with E-state index in [1.807, 2.05) is 47.0 Å². The topological polar surface area (TPSA) is 59.2 Å². The highest BCUT2D eigenvalue weighted by Gasteiger charge is 2.25. The number of thioether (sulfide) groups is 1. The van der Waals surface area contributed by atoms with Gasteiger partial charge in [0.1, 0.15) is 11.5 Å². The first-order valence-electron chi connectivity index (χ1n) is 7.25. The first kappa shape index (κ1) is 14.2. The molecule has 1 atom stereocenters. The van der Waals surface area contributed by atoms with Crippen molar-refractivity contribution in [2.24, 2.45) is 0 Å². The monoisotopic (exact) mass is 301 g/mol. The highest BCUT2D eigenvalue weighted by atomic mass is 32.2. The Labute approximate surface area is 128 Å². The summed E-state index contributed by atoms with van der Waals surface area (Å²) in [7, 11) is 0. The van der Waals surface area contributed by atoms with Gasteiger partial charge in [-0.15, -0.1) is 0 Å². The highest BCUT2D eigenvalue weighted by Crippen LogP contribution is 2.24. The van der Waals surface area contributed by atoms with Gasteiger partial charge in [-0.1, -0.05) is 31.2 Å². The molecular weight excluding hydrogens is 282 g/mol. The van der Waals surface area contributed by atoms with Crippen molar-refractivity contribution in [1.82, 2.24) is 9.88 Å². The van der Waals surface area contributed by atoms with Crippen LogP contribution in [-0.2, 0) is 0 Å². The molecule has 3 rings (SSSR count). The number of aromatic nitrogens is 1. The summed E-state index contributed by atoms with van der Waals surface area (Å²) in [6.07, 6.45) is 1.09. The van der Waals surface area contributed by atoms with Crippen LogP contribution in [0.25, 0.3) is 10.8 Å². The maximum Gasteiger partial charge on any atom is 0.272 e. The zero-order chi connectivity index (χ0) is 14.8. The van der Waals surface area contributed by atoms with Crippen molar-refractivity contribution >= 4 is 34.3 Å². The lowest BCUT2D eigenvalue weighted by molar-refractivity contribution is 0.0755. The number of carbonyl (C=O) groups is 1. The normalized spacial score (nSPS) is 18.9. The van der Waals surface area contributed by atoms with Gasteiger partial charge in [-0.25, -0.2) is 4.98 Å². The molecule has 1 fully saturated rings. The van der Waals surface area contributed by atoms with Crippen molar-refractivity contribution in [1.29, 1.82) is 0 Å². The van der Waals surface area contributed by atoms with Gasteiger partial charge >= 0.3 is 0 Å². The van der Waals surface area contributed by atoms with E-state index in [0.717, 1.165) is 36.0 Å². The lowest BCUT2D eigenvalue weighted by Crippen LogP contribution is -2.42. The average molecular weight is 301 g/mol. The SMILES string of the molecule is CCC1CN(C(=O)c2cc3ccccc3c(N)n2)CCS1. The Balaban J connectivity index is 1.91. The number of fused-ring (bicyclic) bond motifs is 1. The predicted octanol–water partition coefficient (Wildman–Crippen LogP) is 2.78. The molecule has 0 radical (unpaired) electrons. The number of pyridine rings is 1. The Morgan fingerprint density at radius 1 is 1.48 bits per heavy atom. The van der Waals surface area contributed by atoms with Crippen LogP contribution in [0.3, 0.4) is 0 Å². The number of anilines is 1. The Bertz CT molecular complexity index is 674. The number of rotatable bonds is 2. The third kappa shape index (κ3) is 2.83. The van der Waals surface area contributed by atoms with Crippen molar-refractivity contribution in [3.63, 3.8) is 0 Å². The Hall–Kier alpha value is -1.75. The van der Waals surface area contributed by atoms with Gasteiger partial charge in [0, 0.05) is 29.5 Å². The average Bonchev–Trinajstić information content (AvgIpc) is 2.54. The van der Waals surface area contributed by atoms with E-state index in [1.165, 1.54) is 0 Å². The van der Waals surface area contributed by atoms with E-state index in [1.54, 1.807) is 0 Å². The second-order valence-corrected chi connectivity index (χ2v) is 6.67. The van der Waals surface area contributed by atoms with Crippen molar-refractivity contribution in [2.75, 3.05) is 24.6 Å². The number of amides is 1. The summed E-state index contributed by atoms with van der Waals surface area (Å²) in [6.45, 7) is 3.75. The molecule has 1 aliphatic rings. The molecule has 2 N–H and O–H groups in total. The molecule has 1 amide bonds. The van der Waals surface area contributed by atoms with Crippen molar-refractivity contribution in [2.45, 2.75) is 18.6 Å². The second kappa shape index (κ2) is 5.93. The summed E-state index contributed by atoms with van der Waals surface area (Å²) in [5, 5.41) is 2.39. The molecule has 1 aromatic carbocycles. The van der Waals surface area contributed by atoms with Gasteiger partial charge in [0.05, 0.1) is 0 Å². The van der Waals surface area contributed by atoms with E-state index in [0.29, 0.717) is 16.8 Å². The number of hydrogen-bond donors (Lipinski definition) is 1. The van der Waals surface area contributed by atoms with E-state index in [9.17, 15) is 4.79 Å². The zero-order valence-corrected chi connectivity index (χ0v) is 12.9. The first-order valence-corrected chi connectivity index (χ1v) is 8.30. The van der Waals surface area contributed by atoms with Crippen molar-refractivity contribution in [3.05, 3.63) is 36.0 Å². The Morgan fingerprint density at radius 3 is 3.10 bits per heavy atom. The van der Waals surface area contributed by atoms with Crippen LogP contribution in [0.1, 0.15) is 23.8 Å². The van der Waals surface area contributed by atoms with Gasteiger partial charge < -0.3 is 10.6 Å². The summed E-state index contributed by atoms with van der Waals surface area (Å²) in [5.74, 6) is 1.41. The van der Waals surface area contributed by atoms with Gasteiger partial charge in [0.2, 0.25) is 0 Å². The summed E-state index contributed by atoms with van der Waals surface area (Å²) in [5.41, 5.74) is 6.44. The summed E-state index contributed by atoms with van der Waals surface area (Å²) < 4.78 is 0. The molecule has 0 aliphatic carbocycles. The standard InChI is InChI=1S/C16H19N3OS/c1-2-12-10-19(7-8-21-12)16(20)14-9-11-5-3-4-6-13(11)15(17)18-14/h3-6,9,12H,2,7-8,10H2,1H3,(H2,17,18). The molecule has 2 aromatic rings. The van der Waals surface area contributed by atoms with E-state index < -0.39 is 0 Å². The Morgan fingerprint density at radius 2 is 2.29 bits per heavy atom. The molecule has 21 heavy (non-hydrogen) atoms. The summed E-state index contributed by atoms with van der Waals surface area (Å²) in [6, 6.07) is 9.61. The van der Waals surface area contributed by atoms with Crippen molar-refractivity contribution < 1.29 is 4.79 Å². The predicted molar refractivity (Wildman–Crippen MR) is 88.6 cm³/mol. The number of carbonyl (C=O) groups excluding carboxylic acids is 1. The molecule has 1 saturated heterocycles. The maximum atomic E-state index is 12.7. The van der Waals surface area contributed by atoms with Crippen LogP contribution < -0.4 is 5.73 Å². The third-order valence-corrected chi connectivity index (χ3v) is 5.24. The van der Waals surface area contributed by atoms with Gasteiger partial charge in [0.15, 0.2) is 0 Å². The molecule has 0 spiro atoms. The van der Waals surface area contributed by atoms with Crippen LogP contribution in [0, 0.1) is 0 Å². The lowest BCUT2D eigenvalue weighted by atomic mass is 10.1. The number of nitrogen functional groups attached to an aromatic ring is 1. The van der Waals surface area contributed by atoms with Crippen LogP contribution in [0.15, 0.2) is 30.3 Å². The van der Waals surface area contributed by atoms with E-state index in [4.69, 9.17) is 5.73 Å². The quantitative estimate of drug-likeness (QED) is 0.926. The highest BCUT2D eigenvalue weighted by molar-refractivity contribution is 8.00. The van der Waals surface area contributed by atoms with Crippen LogP contribution in [0.5, 0.6) is 0 Å². The van der Waals surface area contributed by atoms with Crippen LogP contribution >= 0.6 is 11.8 Å². The molecule has 0 bridgehead atoms. The molecule has 1 aliphatic heterocycles.